The lowest BCUT2D eigenvalue weighted by molar-refractivity contribution is -0.189. The molecule has 0 saturated carbocycles. The molecule has 8 heteroatoms. The second-order valence-electron chi connectivity index (χ2n) is 4.98. The molecule has 4 N–H and O–H groups in total. The minimum Gasteiger partial charge on any atom is -0.480 e. The molecular formula is C11H17NO7. The van der Waals surface area contributed by atoms with Crippen molar-refractivity contribution in [2.45, 2.75) is 43.4 Å². The highest BCUT2D eigenvalue weighted by atomic mass is 16.6. The van der Waals surface area contributed by atoms with E-state index in [0.29, 0.717) is 0 Å². The summed E-state index contributed by atoms with van der Waals surface area (Å²) in [5.74, 6) is -1.78. The number of likely N-dealkylation sites (tertiary alicyclic amines) is 1. The van der Waals surface area contributed by atoms with E-state index >= 15 is 0 Å². The molecule has 2 heterocycles. The summed E-state index contributed by atoms with van der Waals surface area (Å²) in [6, 6.07) is -1.40. The standard InChI is InChI=1S/C11H17NO7/c1-11(9(16)8(15)6(4-13)19-11)12-3-2-5(14)7(12)10(17)18/h6-9,13,15-16H,2-4H2,1H3,(H,17,18)/t6-,7+,8-,9+,11?/m1/s1. The minimum absolute atomic E-state index is 0.0442. The first kappa shape index (κ1) is 14.4. The quantitative estimate of drug-likeness (QED) is 0.418. The third kappa shape index (κ3) is 2.05. The number of aliphatic hydroxyl groups is 3. The van der Waals surface area contributed by atoms with Gasteiger partial charge in [0, 0.05) is 13.0 Å². The Hall–Kier alpha value is -1.06. The van der Waals surface area contributed by atoms with E-state index in [0.717, 1.165) is 0 Å². The van der Waals surface area contributed by atoms with Crippen LogP contribution in [-0.2, 0) is 14.3 Å². The zero-order valence-electron chi connectivity index (χ0n) is 10.4. The van der Waals surface area contributed by atoms with E-state index in [1.54, 1.807) is 0 Å². The average Bonchev–Trinajstić information content (AvgIpc) is 2.84. The van der Waals surface area contributed by atoms with Crippen LogP contribution in [0.3, 0.4) is 0 Å². The van der Waals surface area contributed by atoms with Gasteiger partial charge in [-0.3, -0.25) is 14.5 Å². The number of hydrogen-bond donors (Lipinski definition) is 4. The van der Waals surface area contributed by atoms with Gasteiger partial charge in [-0.25, -0.2) is 0 Å². The maximum atomic E-state index is 11.6. The minimum atomic E-state index is -1.51. The molecule has 0 aromatic carbocycles. The summed E-state index contributed by atoms with van der Waals surface area (Å²) >= 11 is 0. The Morgan fingerprint density at radius 2 is 2.16 bits per heavy atom. The number of carbonyl (C=O) groups is 2. The van der Waals surface area contributed by atoms with Crippen LogP contribution in [0, 0.1) is 0 Å². The zero-order chi connectivity index (χ0) is 14.4. The molecule has 2 fully saturated rings. The zero-order valence-corrected chi connectivity index (χ0v) is 10.4. The summed E-state index contributed by atoms with van der Waals surface area (Å²) in [5, 5.41) is 37.9. The van der Waals surface area contributed by atoms with E-state index in [2.05, 4.69) is 0 Å². The van der Waals surface area contributed by atoms with Crippen molar-refractivity contribution in [3.63, 3.8) is 0 Å². The molecule has 1 unspecified atom stereocenters. The molecule has 0 aromatic heterocycles. The third-order valence-corrected chi connectivity index (χ3v) is 3.84. The van der Waals surface area contributed by atoms with Crippen molar-refractivity contribution in [3.05, 3.63) is 0 Å². The van der Waals surface area contributed by atoms with Crippen LogP contribution in [0.25, 0.3) is 0 Å². The highest BCUT2D eigenvalue weighted by Gasteiger charge is 2.59. The smallest absolute Gasteiger partial charge is 0.328 e. The van der Waals surface area contributed by atoms with Crippen LogP contribution in [-0.4, -0.2) is 80.3 Å². The molecular weight excluding hydrogens is 258 g/mol. The number of carboxylic acid groups (broad SMARTS) is 1. The van der Waals surface area contributed by atoms with Gasteiger partial charge in [0.25, 0.3) is 0 Å². The van der Waals surface area contributed by atoms with E-state index in [-0.39, 0.29) is 13.0 Å². The van der Waals surface area contributed by atoms with Gasteiger partial charge in [0.15, 0.2) is 11.8 Å². The Morgan fingerprint density at radius 1 is 1.53 bits per heavy atom. The first-order valence-electron chi connectivity index (χ1n) is 6.00. The van der Waals surface area contributed by atoms with Crippen LogP contribution >= 0.6 is 0 Å². The molecule has 2 aliphatic heterocycles. The first-order valence-corrected chi connectivity index (χ1v) is 6.00. The topological polar surface area (TPSA) is 128 Å². The summed E-state index contributed by atoms with van der Waals surface area (Å²) in [7, 11) is 0. The van der Waals surface area contributed by atoms with Crippen molar-refractivity contribution in [2.75, 3.05) is 13.2 Å². The maximum Gasteiger partial charge on any atom is 0.328 e. The number of ether oxygens (including phenoxy) is 1. The molecule has 0 radical (unpaired) electrons. The number of Topliss-reactive ketones (excluding diaryl/α,β-unsaturated/α-hetero) is 1. The Kier molecular flexibility index (Phi) is 3.63. The summed E-state index contributed by atoms with van der Waals surface area (Å²) in [4.78, 5) is 24.0. The van der Waals surface area contributed by atoms with Crippen molar-refractivity contribution in [1.29, 1.82) is 0 Å². The predicted molar refractivity (Wildman–Crippen MR) is 60.1 cm³/mol. The fourth-order valence-electron chi connectivity index (χ4n) is 2.77. The van der Waals surface area contributed by atoms with Gasteiger partial charge in [-0.05, 0) is 6.92 Å². The van der Waals surface area contributed by atoms with Gasteiger partial charge in [-0.1, -0.05) is 0 Å². The number of aliphatic hydroxyl groups excluding tert-OH is 3. The largest absolute Gasteiger partial charge is 0.480 e. The van der Waals surface area contributed by atoms with E-state index in [1.165, 1.54) is 11.8 Å². The van der Waals surface area contributed by atoms with Crippen LogP contribution in [0.5, 0.6) is 0 Å². The molecule has 0 bridgehead atoms. The summed E-state index contributed by atoms with van der Waals surface area (Å²) in [5.41, 5.74) is -1.51. The molecule has 2 saturated heterocycles. The van der Waals surface area contributed by atoms with Gasteiger partial charge < -0.3 is 25.2 Å². The highest BCUT2D eigenvalue weighted by Crippen LogP contribution is 2.37. The molecule has 19 heavy (non-hydrogen) atoms. The summed E-state index contributed by atoms with van der Waals surface area (Å²) in [6.07, 6.45) is -3.70. The number of nitrogens with zero attached hydrogens (tertiary/aromatic N) is 1. The molecule has 2 rings (SSSR count). The van der Waals surface area contributed by atoms with Crippen molar-refractivity contribution in [2.24, 2.45) is 0 Å². The normalized spacial score (nSPS) is 43.9. The van der Waals surface area contributed by atoms with E-state index < -0.39 is 48.4 Å². The number of rotatable bonds is 3. The van der Waals surface area contributed by atoms with Crippen LogP contribution in [0.15, 0.2) is 0 Å². The first-order chi connectivity index (χ1) is 8.82. The number of aliphatic carboxylic acids is 1. The Morgan fingerprint density at radius 3 is 2.63 bits per heavy atom. The summed E-state index contributed by atoms with van der Waals surface area (Å²) < 4.78 is 5.40. The molecule has 8 nitrogen and oxygen atoms in total. The van der Waals surface area contributed by atoms with Gasteiger partial charge in [0.1, 0.15) is 24.0 Å². The van der Waals surface area contributed by atoms with E-state index in [4.69, 9.17) is 14.9 Å². The van der Waals surface area contributed by atoms with Crippen molar-refractivity contribution in [1.82, 2.24) is 4.90 Å². The molecule has 0 amide bonds. The van der Waals surface area contributed by atoms with Gasteiger partial charge in [0.2, 0.25) is 0 Å². The molecule has 5 atom stereocenters. The second kappa shape index (κ2) is 4.80. The van der Waals surface area contributed by atoms with Crippen molar-refractivity contribution in [3.8, 4) is 0 Å². The van der Waals surface area contributed by atoms with Gasteiger partial charge in [-0.15, -0.1) is 0 Å². The number of ketones is 1. The lowest BCUT2D eigenvalue weighted by Gasteiger charge is -2.38. The van der Waals surface area contributed by atoms with Gasteiger partial charge >= 0.3 is 5.97 Å². The van der Waals surface area contributed by atoms with Crippen LogP contribution < -0.4 is 0 Å². The number of carbonyl (C=O) groups excluding carboxylic acids is 1. The second-order valence-corrected chi connectivity index (χ2v) is 4.98. The third-order valence-electron chi connectivity index (χ3n) is 3.84. The SMILES string of the molecule is CC1(N2CCC(=O)[C@H]2C(=O)O)O[C@H](CO)[C@@H](O)[C@@H]1O. The van der Waals surface area contributed by atoms with Crippen molar-refractivity contribution < 1.29 is 34.8 Å². The Bertz CT molecular complexity index is 401. The Balaban J connectivity index is 2.30. The van der Waals surface area contributed by atoms with Gasteiger partial charge in [0.05, 0.1) is 6.61 Å². The molecule has 0 spiro atoms. The number of hydrogen-bond acceptors (Lipinski definition) is 7. The molecule has 108 valence electrons. The maximum absolute atomic E-state index is 11.6. The van der Waals surface area contributed by atoms with Crippen LogP contribution in [0.1, 0.15) is 13.3 Å². The van der Waals surface area contributed by atoms with Gasteiger partial charge in [-0.2, -0.15) is 0 Å². The average molecular weight is 275 g/mol. The van der Waals surface area contributed by atoms with Crippen molar-refractivity contribution >= 4 is 11.8 Å². The fourth-order valence-corrected chi connectivity index (χ4v) is 2.77. The molecule has 2 aliphatic rings. The number of carboxylic acids is 1. The van der Waals surface area contributed by atoms with E-state index in [1.807, 2.05) is 0 Å². The summed E-state index contributed by atoms with van der Waals surface area (Å²) in [6.45, 7) is 1.02. The Labute approximate surface area is 109 Å². The predicted octanol–water partition coefficient (Wildman–Crippen LogP) is -2.46. The van der Waals surface area contributed by atoms with Crippen LogP contribution in [0.2, 0.25) is 0 Å². The van der Waals surface area contributed by atoms with Crippen LogP contribution in [0.4, 0.5) is 0 Å². The molecule has 0 aromatic rings. The fraction of sp³-hybridized carbons (Fsp3) is 0.818. The lowest BCUT2D eigenvalue weighted by atomic mass is 10.0. The lowest BCUT2D eigenvalue weighted by Crippen LogP contribution is -2.59. The molecule has 0 aliphatic carbocycles. The monoisotopic (exact) mass is 275 g/mol. The highest BCUT2D eigenvalue weighted by molar-refractivity contribution is 6.04. The van der Waals surface area contributed by atoms with E-state index in [9.17, 15) is 19.8 Å².